The summed E-state index contributed by atoms with van der Waals surface area (Å²) in [6, 6.07) is 33.3. The van der Waals surface area contributed by atoms with Crippen LogP contribution in [0, 0.1) is 50.0 Å². The Balaban J connectivity index is 0.00000441. The van der Waals surface area contributed by atoms with E-state index >= 15 is 0 Å². The molecule has 40 heavy (non-hydrogen) atoms. The summed E-state index contributed by atoms with van der Waals surface area (Å²) >= 11 is 0. The fourth-order valence-corrected chi connectivity index (χ4v) is 4.81. The van der Waals surface area contributed by atoms with Crippen molar-refractivity contribution >= 4 is 11.6 Å². The van der Waals surface area contributed by atoms with E-state index in [0.29, 0.717) is 24.1 Å². The maximum Gasteiger partial charge on any atom is 0.251 e. The average molecular weight is 746 g/mol. The third-order valence-electron chi connectivity index (χ3n) is 7.14. The van der Waals surface area contributed by atoms with Crippen molar-refractivity contribution in [3.63, 3.8) is 0 Å². The summed E-state index contributed by atoms with van der Waals surface area (Å²) in [7, 11) is 0. The summed E-state index contributed by atoms with van der Waals surface area (Å²) in [4.78, 5) is 13.4. The fourth-order valence-electron chi connectivity index (χ4n) is 4.81. The topological polar surface area (TPSA) is 99.1 Å². The summed E-state index contributed by atoms with van der Waals surface area (Å²) < 4.78 is 0. The number of aryl methyl sites for hydroxylation is 1. The zero-order chi connectivity index (χ0) is 27.6. The van der Waals surface area contributed by atoms with Gasteiger partial charge >= 0.3 is 0 Å². The molecule has 203 valence electrons. The first-order chi connectivity index (χ1) is 19.0. The molecular formula is C34H36AcN3O2-. The second kappa shape index (κ2) is 15.9. The van der Waals surface area contributed by atoms with Gasteiger partial charge in [0.15, 0.2) is 0 Å². The molecule has 0 aliphatic rings. The van der Waals surface area contributed by atoms with Crippen molar-refractivity contribution in [1.29, 1.82) is 0 Å². The number of benzene rings is 4. The number of nitrogens with two attached hydrogens (primary N) is 1. The van der Waals surface area contributed by atoms with Gasteiger partial charge in [0.05, 0.1) is 0 Å². The van der Waals surface area contributed by atoms with Crippen molar-refractivity contribution in [2.24, 2.45) is 11.7 Å². The Morgan fingerprint density at radius 2 is 1.45 bits per heavy atom. The van der Waals surface area contributed by atoms with Crippen LogP contribution in [0.15, 0.2) is 110 Å². The number of hydrogen-bond donors (Lipinski definition) is 3. The molecule has 1 amide bonds. The Morgan fingerprint density at radius 3 is 2.05 bits per heavy atom. The van der Waals surface area contributed by atoms with Gasteiger partial charge in [0, 0.05) is 73.9 Å². The molecule has 6 heteroatoms. The van der Waals surface area contributed by atoms with Gasteiger partial charge in [-0.2, -0.15) is 0 Å². The number of aliphatic hydroxyl groups is 1. The van der Waals surface area contributed by atoms with Crippen LogP contribution in [0.2, 0.25) is 0 Å². The number of rotatable bonds is 12. The summed E-state index contributed by atoms with van der Waals surface area (Å²) in [5, 5.41) is 13.6. The molecule has 0 saturated carbocycles. The first-order valence-electron chi connectivity index (χ1n) is 13.3. The molecule has 0 aromatic heterocycles. The zero-order valence-electron chi connectivity index (χ0n) is 22.7. The van der Waals surface area contributed by atoms with Crippen LogP contribution in [0.4, 0.5) is 0 Å². The predicted molar refractivity (Wildman–Crippen MR) is 160 cm³/mol. The van der Waals surface area contributed by atoms with E-state index < -0.39 is 0 Å². The minimum absolute atomic E-state index is 0. The molecule has 0 saturated heterocycles. The van der Waals surface area contributed by atoms with Gasteiger partial charge in [0.1, 0.15) is 0 Å². The SMILES string of the molecule is C=C(N)c1cccc(CC(CO)C(CCc2ccccc2)NC(=O)c2ccc(-c3ccc(C[NH-])cc3)cc2)c1.[Ac]. The molecule has 1 radical (unpaired) electrons. The predicted octanol–water partition coefficient (Wildman–Crippen LogP) is 6.42. The van der Waals surface area contributed by atoms with E-state index in [1.165, 1.54) is 5.56 Å². The van der Waals surface area contributed by atoms with Crippen LogP contribution < -0.4 is 11.1 Å². The first kappa shape index (κ1) is 31.8. The Morgan fingerprint density at radius 1 is 0.825 bits per heavy atom. The maximum atomic E-state index is 13.4. The molecule has 0 spiro atoms. The number of nitrogens with one attached hydrogen (secondary N) is 2. The summed E-state index contributed by atoms with van der Waals surface area (Å²) in [6.07, 6.45) is 2.09. The molecule has 5 N–H and O–H groups in total. The molecule has 4 aromatic carbocycles. The van der Waals surface area contributed by atoms with E-state index in [-0.39, 0.29) is 75.1 Å². The molecule has 0 bridgehead atoms. The molecular weight excluding hydrogens is 709 g/mol. The van der Waals surface area contributed by atoms with Crippen LogP contribution in [0.5, 0.6) is 0 Å². The van der Waals surface area contributed by atoms with Crippen molar-refractivity contribution in [2.45, 2.75) is 31.8 Å². The van der Waals surface area contributed by atoms with Crippen LogP contribution in [0.3, 0.4) is 0 Å². The van der Waals surface area contributed by atoms with E-state index in [0.717, 1.165) is 34.2 Å². The number of amides is 1. The monoisotopic (exact) mass is 745 g/mol. The first-order valence-corrected chi connectivity index (χ1v) is 13.3. The normalized spacial score (nSPS) is 12.2. The Bertz CT molecular complexity index is 1370. The van der Waals surface area contributed by atoms with E-state index in [2.05, 4.69) is 24.0 Å². The second-order valence-corrected chi connectivity index (χ2v) is 9.93. The van der Waals surface area contributed by atoms with Gasteiger partial charge in [-0.3, -0.25) is 4.79 Å². The van der Waals surface area contributed by atoms with E-state index in [1.807, 2.05) is 91.0 Å². The Hall–Kier alpha value is -2.75. The fraction of sp³-hybridized carbons (Fsp3) is 0.206. The number of carbonyl (C=O) groups excluding carboxylic acids is 1. The van der Waals surface area contributed by atoms with Crippen molar-refractivity contribution in [3.05, 3.63) is 143 Å². The van der Waals surface area contributed by atoms with Gasteiger partial charge in [0.25, 0.3) is 5.91 Å². The minimum atomic E-state index is -0.232. The van der Waals surface area contributed by atoms with E-state index in [9.17, 15) is 9.90 Å². The van der Waals surface area contributed by atoms with Crippen molar-refractivity contribution in [1.82, 2.24) is 5.32 Å². The van der Waals surface area contributed by atoms with Crippen LogP contribution in [0.1, 0.15) is 39.0 Å². The molecule has 2 atom stereocenters. The molecule has 0 aliphatic carbocycles. The van der Waals surface area contributed by atoms with Crippen molar-refractivity contribution < 1.29 is 54.0 Å². The maximum absolute atomic E-state index is 13.4. The number of hydrogen-bond acceptors (Lipinski definition) is 3. The van der Waals surface area contributed by atoms with Crippen LogP contribution in [-0.4, -0.2) is 23.7 Å². The number of carbonyl (C=O) groups is 1. The minimum Gasteiger partial charge on any atom is -0.674 e. The van der Waals surface area contributed by atoms with E-state index in [1.54, 1.807) is 0 Å². The van der Waals surface area contributed by atoms with Crippen LogP contribution >= 0.6 is 0 Å². The molecule has 0 aliphatic heterocycles. The molecule has 5 nitrogen and oxygen atoms in total. The average Bonchev–Trinajstić information content (AvgIpc) is 2.99. The Labute approximate surface area is 273 Å². The third-order valence-corrected chi connectivity index (χ3v) is 7.14. The van der Waals surface area contributed by atoms with Gasteiger partial charge in [-0.05, 0) is 65.3 Å². The standard InChI is InChI=1S/C34H36N3O2.Ac/c1-24(36)31-9-5-8-27(20-31)21-32(23-38)33(19-12-25-6-3-2-4-7-25)37-34(39)30-17-15-29(16-18-30)28-13-10-26(22-35)11-14-28;/h2-11,13-18,20,32-33,35,38H,1,12,19,21-23,36H2,(H,37,39);/q-1;. The smallest absolute Gasteiger partial charge is 0.251 e. The van der Waals surface area contributed by atoms with Gasteiger partial charge in [-0.1, -0.05) is 97.1 Å². The second-order valence-electron chi connectivity index (χ2n) is 9.93. The molecule has 2 unspecified atom stereocenters. The molecule has 4 aromatic rings. The van der Waals surface area contributed by atoms with Gasteiger partial charge in [0.2, 0.25) is 0 Å². The largest absolute Gasteiger partial charge is 0.674 e. The summed E-state index contributed by atoms with van der Waals surface area (Å²) in [6.45, 7) is 4.04. The van der Waals surface area contributed by atoms with Gasteiger partial charge < -0.3 is 21.9 Å². The molecule has 0 fully saturated rings. The third kappa shape index (κ3) is 8.88. The van der Waals surface area contributed by atoms with Gasteiger partial charge in [-0.25, -0.2) is 0 Å². The van der Waals surface area contributed by atoms with Crippen molar-refractivity contribution in [2.75, 3.05) is 6.61 Å². The van der Waals surface area contributed by atoms with Crippen LogP contribution in [0.25, 0.3) is 22.6 Å². The van der Waals surface area contributed by atoms with E-state index in [4.69, 9.17) is 11.5 Å². The van der Waals surface area contributed by atoms with Gasteiger partial charge in [-0.15, -0.1) is 6.54 Å². The van der Waals surface area contributed by atoms with Crippen molar-refractivity contribution in [3.8, 4) is 11.1 Å². The Kier molecular flexibility index (Phi) is 12.6. The van der Waals surface area contributed by atoms with Crippen LogP contribution in [-0.2, 0) is 19.4 Å². The number of aliphatic hydroxyl groups excluding tert-OH is 1. The summed E-state index contributed by atoms with van der Waals surface area (Å²) in [5.74, 6) is -0.333. The molecule has 4 rings (SSSR count). The quantitative estimate of drug-likeness (QED) is 0.156. The summed E-state index contributed by atoms with van der Waals surface area (Å²) in [5.41, 5.74) is 20.6. The molecule has 0 heterocycles. The zero-order valence-corrected chi connectivity index (χ0v) is 27.5.